The van der Waals surface area contributed by atoms with E-state index in [1.807, 2.05) is 31.2 Å². The van der Waals surface area contributed by atoms with Crippen LogP contribution in [0.5, 0.6) is 0 Å². The first kappa shape index (κ1) is 23.7. The number of rotatable bonds is 6. The van der Waals surface area contributed by atoms with E-state index in [2.05, 4.69) is 24.1 Å². The molecule has 0 radical (unpaired) electrons. The Morgan fingerprint density at radius 1 is 1.03 bits per heavy atom. The first-order chi connectivity index (χ1) is 16.4. The van der Waals surface area contributed by atoms with Gasteiger partial charge < -0.3 is 15.0 Å². The fraction of sp³-hybridized carbons (Fsp3) is 0.357. The Balaban J connectivity index is 1.76. The molecule has 1 heterocycles. The van der Waals surface area contributed by atoms with Gasteiger partial charge >= 0.3 is 5.97 Å². The van der Waals surface area contributed by atoms with E-state index < -0.39 is 11.9 Å². The third-order valence-corrected chi connectivity index (χ3v) is 6.93. The minimum atomic E-state index is -0.490. The molecule has 0 saturated heterocycles. The Bertz CT molecular complexity index is 1150. The summed E-state index contributed by atoms with van der Waals surface area (Å²) in [6.45, 7) is 7.86. The van der Waals surface area contributed by atoms with Gasteiger partial charge in [-0.05, 0) is 68.5 Å². The number of anilines is 1. The van der Waals surface area contributed by atoms with Crippen LogP contribution in [0.15, 0.2) is 71.1 Å². The fourth-order valence-electron chi connectivity index (χ4n) is 5.19. The van der Waals surface area contributed by atoms with Crippen molar-refractivity contribution >= 4 is 17.4 Å². The Morgan fingerprint density at radius 3 is 2.24 bits per heavy atom. The highest BCUT2D eigenvalue weighted by Crippen LogP contribution is 2.45. The molecule has 2 atom stereocenters. The predicted molar refractivity (Wildman–Crippen MR) is 131 cm³/mol. The van der Waals surface area contributed by atoms with Gasteiger partial charge in [0.1, 0.15) is 5.82 Å². The van der Waals surface area contributed by atoms with Crippen LogP contribution in [0.3, 0.4) is 0 Å². The largest absolute Gasteiger partial charge is 0.466 e. The molecule has 1 N–H and O–H groups in total. The summed E-state index contributed by atoms with van der Waals surface area (Å²) in [6, 6.07) is 14.4. The third-order valence-electron chi connectivity index (χ3n) is 6.93. The second-order valence-electron chi connectivity index (χ2n) is 8.82. The third kappa shape index (κ3) is 4.37. The number of halogens is 1. The number of nitrogens with zero attached hydrogens (tertiary/aromatic N) is 1. The van der Waals surface area contributed by atoms with Gasteiger partial charge in [0.2, 0.25) is 0 Å². The van der Waals surface area contributed by atoms with Gasteiger partial charge in [-0.2, -0.15) is 0 Å². The number of dihydropyridines is 1. The number of carbonyl (C=O) groups is 2. The summed E-state index contributed by atoms with van der Waals surface area (Å²) in [4.78, 5) is 28.6. The van der Waals surface area contributed by atoms with Crippen LogP contribution in [0.2, 0.25) is 0 Å². The highest BCUT2D eigenvalue weighted by Gasteiger charge is 2.41. The maximum absolute atomic E-state index is 13.5. The summed E-state index contributed by atoms with van der Waals surface area (Å²) in [7, 11) is 1.36. The number of methoxy groups -OCH3 is 1. The van der Waals surface area contributed by atoms with Gasteiger partial charge in [0, 0.05) is 48.1 Å². The molecule has 2 aliphatic rings. The highest BCUT2D eigenvalue weighted by molar-refractivity contribution is 6.04. The Kier molecular flexibility index (Phi) is 6.87. The number of esters is 1. The van der Waals surface area contributed by atoms with E-state index in [4.69, 9.17) is 4.74 Å². The number of ketones is 1. The number of hydrogen-bond acceptors (Lipinski definition) is 5. The molecule has 2 aromatic carbocycles. The van der Waals surface area contributed by atoms with Crippen LogP contribution >= 0.6 is 0 Å². The van der Waals surface area contributed by atoms with E-state index in [0.717, 1.165) is 35.6 Å². The first-order valence-electron chi connectivity index (χ1n) is 11.8. The summed E-state index contributed by atoms with van der Waals surface area (Å²) < 4.78 is 18.5. The van der Waals surface area contributed by atoms with Gasteiger partial charge in [0.05, 0.1) is 12.7 Å². The standard InChI is InChI=1S/C28H31FN2O3/c1-5-31(6-2)22-13-9-19(10-14-22)26-25(28(33)34-4)17(3)30-23-15-20(16-24(32)27(23)26)18-7-11-21(29)12-8-18/h7-14,20,26,30H,5-6,15-16H2,1-4H3/t20-,26-/m0/s1. The molecule has 5 nitrogen and oxygen atoms in total. The van der Waals surface area contributed by atoms with Crippen molar-refractivity contribution in [3.05, 3.63) is 88.0 Å². The number of hydrogen-bond donors (Lipinski definition) is 1. The first-order valence-corrected chi connectivity index (χ1v) is 11.8. The molecule has 6 heteroatoms. The number of benzene rings is 2. The molecule has 0 bridgehead atoms. The molecule has 1 aliphatic heterocycles. The molecule has 0 aromatic heterocycles. The Hall–Kier alpha value is -3.41. The SMILES string of the molecule is CCN(CC)c1ccc([C@H]2C(C(=O)OC)=C(C)NC3=C2C(=O)C[C@@H](c2ccc(F)cc2)C3)cc1. The van der Waals surface area contributed by atoms with E-state index in [9.17, 15) is 14.0 Å². The van der Waals surface area contributed by atoms with Crippen molar-refractivity contribution in [1.82, 2.24) is 5.32 Å². The van der Waals surface area contributed by atoms with E-state index >= 15 is 0 Å². The van der Waals surface area contributed by atoms with Gasteiger partial charge in [-0.25, -0.2) is 9.18 Å². The topological polar surface area (TPSA) is 58.6 Å². The fourth-order valence-corrected chi connectivity index (χ4v) is 5.19. The summed E-state index contributed by atoms with van der Waals surface area (Å²) in [5.41, 5.74) is 5.53. The second-order valence-corrected chi connectivity index (χ2v) is 8.82. The summed E-state index contributed by atoms with van der Waals surface area (Å²) in [5.74, 6) is -1.28. The van der Waals surface area contributed by atoms with Crippen LogP contribution in [0, 0.1) is 5.82 Å². The van der Waals surface area contributed by atoms with Gasteiger partial charge in [0.15, 0.2) is 5.78 Å². The van der Waals surface area contributed by atoms with Crippen molar-refractivity contribution in [3.63, 3.8) is 0 Å². The van der Waals surface area contributed by atoms with Crippen LogP contribution in [-0.2, 0) is 14.3 Å². The van der Waals surface area contributed by atoms with Crippen molar-refractivity contribution < 1.29 is 18.7 Å². The van der Waals surface area contributed by atoms with Crippen LogP contribution < -0.4 is 10.2 Å². The van der Waals surface area contributed by atoms with Crippen molar-refractivity contribution in [2.75, 3.05) is 25.1 Å². The van der Waals surface area contributed by atoms with Gasteiger partial charge in [-0.15, -0.1) is 0 Å². The maximum Gasteiger partial charge on any atom is 0.336 e. The lowest BCUT2D eigenvalue weighted by Crippen LogP contribution is -2.36. The predicted octanol–water partition coefficient (Wildman–Crippen LogP) is 5.21. The lowest BCUT2D eigenvalue weighted by molar-refractivity contribution is -0.136. The molecule has 178 valence electrons. The molecule has 1 aliphatic carbocycles. The van der Waals surface area contributed by atoms with Gasteiger partial charge in [0.25, 0.3) is 0 Å². The molecular formula is C28H31FN2O3. The Morgan fingerprint density at radius 2 is 1.65 bits per heavy atom. The number of carbonyl (C=O) groups excluding carboxylic acids is 2. The van der Waals surface area contributed by atoms with Crippen molar-refractivity contribution in [2.24, 2.45) is 0 Å². The number of Topliss-reactive ketones (excluding diaryl/α,β-unsaturated/α-hetero) is 1. The average molecular weight is 463 g/mol. The van der Waals surface area contributed by atoms with Crippen LogP contribution in [-0.4, -0.2) is 32.0 Å². The van der Waals surface area contributed by atoms with Crippen molar-refractivity contribution in [2.45, 2.75) is 45.4 Å². The van der Waals surface area contributed by atoms with E-state index in [-0.39, 0.29) is 17.5 Å². The second kappa shape index (κ2) is 9.84. The molecule has 34 heavy (non-hydrogen) atoms. The zero-order chi connectivity index (χ0) is 24.4. The monoisotopic (exact) mass is 462 g/mol. The van der Waals surface area contributed by atoms with E-state index in [1.165, 1.54) is 19.2 Å². The number of allylic oxidation sites excluding steroid dienone is 3. The molecule has 0 amide bonds. The Labute approximate surface area is 200 Å². The van der Waals surface area contributed by atoms with Crippen LogP contribution in [0.1, 0.15) is 56.6 Å². The molecule has 0 spiro atoms. The van der Waals surface area contributed by atoms with Gasteiger partial charge in [-0.1, -0.05) is 24.3 Å². The minimum absolute atomic E-state index is 0.00482. The summed E-state index contributed by atoms with van der Waals surface area (Å²) in [6.07, 6.45) is 0.931. The van der Waals surface area contributed by atoms with E-state index in [0.29, 0.717) is 29.7 Å². The minimum Gasteiger partial charge on any atom is -0.466 e. The smallest absolute Gasteiger partial charge is 0.336 e. The number of ether oxygens (including phenoxy) is 1. The van der Waals surface area contributed by atoms with Crippen molar-refractivity contribution in [1.29, 1.82) is 0 Å². The van der Waals surface area contributed by atoms with Crippen molar-refractivity contribution in [3.8, 4) is 0 Å². The zero-order valence-corrected chi connectivity index (χ0v) is 20.2. The summed E-state index contributed by atoms with van der Waals surface area (Å²) >= 11 is 0. The molecule has 0 fully saturated rings. The quantitative estimate of drug-likeness (QED) is 0.598. The maximum atomic E-state index is 13.5. The van der Waals surface area contributed by atoms with Crippen LogP contribution in [0.25, 0.3) is 0 Å². The zero-order valence-electron chi connectivity index (χ0n) is 20.2. The van der Waals surface area contributed by atoms with Gasteiger partial charge in [-0.3, -0.25) is 4.79 Å². The average Bonchev–Trinajstić information content (AvgIpc) is 2.84. The molecule has 2 aromatic rings. The molecule has 0 saturated carbocycles. The normalized spacial score (nSPS) is 20.1. The lowest BCUT2D eigenvalue weighted by atomic mass is 9.71. The molecule has 4 rings (SSSR count). The lowest BCUT2D eigenvalue weighted by Gasteiger charge is -2.36. The highest BCUT2D eigenvalue weighted by atomic mass is 19.1. The molecule has 0 unspecified atom stereocenters. The summed E-state index contributed by atoms with van der Waals surface area (Å²) in [5, 5.41) is 3.33. The van der Waals surface area contributed by atoms with Crippen LogP contribution in [0.4, 0.5) is 10.1 Å². The number of nitrogens with one attached hydrogen (secondary N) is 1. The van der Waals surface area contributed by atoms with E-state index in [1.54, 1.807) is 12.1 Å². The molecular weight excluding hydrogens is 431 g/mol.